The molecule has 0 radical (unpaired) electrons. The molecule has 0 aliphatic rings. The Morgan fingerprint density at radius 1 is 0.739 bits per heavy atom. The lowest BCUT2D eigenvalue weighted by Gasteiger charge is -2.05. The summed E-state index contributed by atoms with van der Waals surface area (Å²) >= 11 is 1.44. The summed E-state index contributed by atoms with van der Waals surface area (Å²) in [5.41, 5.74) is 2.68. The maximum absolute atomic E-state index is 5.70. The number of aryl methyl sites for hydroxylation is 1. The minimum atomic E-state index is 0.650. The van der Waals surface area contributed by atoms with Crippen molar-refractivity contribution in [2.75, 3.05) is 0 Å². The Morgan fingerprint density at radius 2 is 1.39 bits per heavy atom. The van der Waals surface area contributed by atoms with E-state index in [-0.39, 0.29) is 0 Å². The Kier molecular flexibility index (Phi) is 8.90. The van der Waals surface area contributed by atoms with Crippen LogP contribution in [0.5, 0.6) is 0 Å². The van der Waals surface area contributed by atoms with Gasteiger partial charge in [0, 0.05) is 16.9 Å². The van der Waals surface area contributed by atoms with Crippen molar-refractivity contribution < 1.29 is 4.18 Å². The molecule has 0 saturated carbocycles. The summed E-state index contributed by atoms with van der Waals surface area (Å²) < 4.78 is 5.70. The third-order valence-corrected chi connectivity index (χ3v) is 4.67. The molecule has 1 nitrogen and oxygen atoms in total. The van der Waals surface area contributed by atoms with Crippen molar-refractivity contribution >= 4 is 12.0 Å². The number of unbranched alkanes of at least 4 members (excludes halogenated alkanes) is 5. The molecule has 124 valence electrons. The molecule has 2 aromatic rings. The van der Waals surface area contributed by atoms with Crippen LogP contribution >= 0.6 is 12.0 Å². The van der Waals surface area contributed by atoms with Gasteiger partial charge in [-0.3, -0.25) is 0 Å². The van der Waals surface area contributed by atoms with Gasteiger partial charge in [-0.25, -0.2) is 0 Å². The first-order valence-corrected chi connectivity index (χ1v) is 9.55. The van der Waals surface area contributed by atoms with Crippen LogP contribution in [0.25, 0.3) is 0 Å². The smallest absolute Gasteiger partial charge is 0.0869 e. The summed E-state index contributed by atoms with van der Waals surface area (Å²) in [6.45, 7) is 2.92. The molecule has 0 saturated heterocycles. The molecule has 0 bridgehead atoms. The fraction of sp³-hybridized carbons (Fsp3) is 0.429. The zero-order valence-corrected chi connectivity index (χ0v) is 15.0. The molecule has 0 unspecified atom stereocenters. The van der Waals surface area contributed by atoms with Crippen molar-refractivity contribution in [2.24, 2.45) is 0 Å². The molecule has 0 fully saturated rings. The summed E-state index contributed by atoms with van der Waals surface area (Å²) in [6, 6.07) is 19.1. The Bertz CT molecular complexity index is 521. The Labute approximate surface area is 145 Å². The molecule has 23 heavy (non-hydrogen) atoms. The van der Waals surface area contributed by atoms with E-state index in [0.29, 0.717) is 6.61 Å². The van der Waals surface area contributed by atoms with Gasteiger partial charge in [0.15, 0.2) is 0 Å². The standard InChI is InChI=1S/C21H28OS/c1-2-3-4-5-6-8-11-19-14-16-20(17-15-19)18-22-23-21-12-9-7-10-13-21/h7,9-10,12-17H,2-6,8,11,18H2,1H3. The molecule has 2 heteroatoms. The van der Waals surface area contributed by atoms with Gasteiger partial charge in [0.2, 0.25) is 0 Å². The summed E-state index contributed by atoms with van der Waals surface area (Å²) in [5, 5.41) is 0. The summed E-state index contributed by atoms with van der Waals surface area (Å²) in [6.07, 6.45) is 9.36. The van der Waals surface area contributed by atoms with E-state index in [4.69, 9.17) is 4.18 Å². The first-order valence-electron chi connectivity index (χ1n) is 8.81. The molecule has 0 spiro atoms. The van der Waals surface area contributed by atoms with Crippen LogP contribution in [0.15, 0.2) is 59.5 Å². The van der Waals surface area contributed by atoms with Crippen LogP contribution in [0.1, 0.15) is 56.6 Å². The molecule has 0 N–H and O–H groups in total. The van der Waals surface area contributed by atoms with Crippen molar-refractivity contribution in [1.29, 1.82) is 0 Å². The lowest BCUT2D eigenvalue weighted by molar-refractivity contribution is 0.364. The average Bonchev–Trinajstić information content (AvgIpc) is 2.60. The van der Waals surface area contributed by atoms with Gasteiger partial charge in [-0.2, -0.15) is 0 Å². The molecule has 0 heterocycles. The van der Waals surface area contributed by atoms with Crippen LogP contribution in [0.3, 0.4) is 0 Å². The zero-order valence-electron chi connectivity index (χ0n) is 14.2. The van der Waals surface area contributed by atoms with Crippen LogP contribution in [-0.2, 0) is 17.2 Å². The van der Waals surface area contributed by atoms with Gasteiger partial charge in [0.25, 0.3) is 0 Å². The fourth-order valence-corrected chi connectivity index (χ4v) is 3.15. The van der Waals surface area contributed by atoms with E-state index in [2.05, 4.69) is 43.3 Å². The van der Waals surface area contributed by atoms with E-state index in [9.17, 15) is 0 Å². The molecular formula is C21H28OS. The van der Waals surface area contributed by atoms with Gasteiger partial charge in [0.1, 0.15) is 0 Å². The minimum absolute atomic E-state index is 0.650. The van der Waals surface area contributed by atoms with Crippen LogP contribution in [0.4, 0.5) is 0 Å². The zero-order chi connectivity index (χ0) is 16.2. The third kappa shape index (κ3) is 7.71. The number of hydrogen-bond donors (Lipinski definition) is 0. The molecule has 2 rings (SSSR count). The van der Waals surface area contributed by atoms with E-state index < -0.39 is 0 Å². The topological polar surface area (TPSA) is 9.23 Å². The lowest BCUT2D eigenvalue weighted by atomic mass is 10.0. The lowest BCUT2D eigenvalue weighted by Crippen LogP contribution is -1.90. The summed E-state index contributed by atoms with van der Waals surface area (Å²) in [7, 11) is 0. The molecular weight excluding hydrogens is 300 g/mol. The van der Waals surface area contributed by atoms with E-state index in [0.717, 1.165) is 4.90 Å². The molecule has 0 aromatic heterocycles. The van der Waals surface area contributed by atoms with Crippen molar-refractivity contribution in [1.82, 2.24) is 0 Å². The van der Waals surface area contributed by atoms with Crippen molar-refractivity contribution in [3.8, 4) is 0 Å². The van der Waals surface area contributed by atoms with Gasteiger partial charge in [-0.15, -0.1) is 0 Å². The second-order valence-corrected chi connectivity index (χ2v) is 6.87. The Hall–Kier alpha value is -1.25. The predicted molar refractivity (Wildman–Crippen MR) is 101 cm³/mol. The predicted octanol–water partition coefficient (Wildman–Crippen LogP) is 6.81. The second kappa shape index (κ2) is 11.3. The van der Waals surface area contributed by atoms with E-state index in [1.54, 1.807) is 0 Å². The van der Waals surface area contributed by atoms with E-state index in [1.165, 1.54) is 68.1 Å². The van der Waals surface area contributed by atoms with Crippen molar-refractivity contribution in [2.45, 2.75) is 63.4 Å². The van der Waals surface area contributed by atoms with Crippen molar-refractivity contribution in [3.05, 3.63) is 65.7 Å². The van der Waals surface area contributed by atoms with Gasteiger partial charge >= 0.3 is 0 Å². The van der Waals surface area contributed by atoms with Crippen molar-refractivity contribution in [3.63, 3.8) is 0 Å². The number of benzene rings is 2. The summed E-state index contributed by atoms with van der Waals surface area (Å²) in [5.74, 6) is 0. The maximum Gasteiger partial charge on any atom is 0.0869 e. The largest absolute Gasteiger partial charge is 0.305 e. The maximum atomic E-state index is 5.70. The minimum Gasteiger partial charge on any atom is -0.305 e. The molecule has 0 amide bonds. The monoisotopic (exact) mass is 328 g/mol. The Balaban J connectivity index is 1.62. The highest BCUT2D eigenvalue weighted by atomic mass is 32.2. The highest BCUT2D eigenvalue weighted by molar-refractivity contribution is 7.94. The number of hydrogen-bond acceptors (Lipinski definition) is 2. The first kappa shape index (κ1) is 18.1. The quantitative estimate of drug-likeness (QED) is 0.331. The highest BCUT2D eigenvalue weighted by Gasteiger charge is 1.98. The van der Waals surface area contributed by atoms with E-state index in [1.807, 2.05) is 18.2 Å². The van der Waals surface area contributed by atoms with Crippen LogP contribution in [0, 0.1) is 0 Å². The Morgan fingerprint density at radius 3 is 2.13 bits per heavy atom. The van der Waals surface area contributed by atoms with Crippen LogP contribution in [0.2, 0.25) is 0 Å². The third-order valence-electron chi connectivity index (χ3n) is 3.97. The van der Waals surface area contributed by atoms with Gasteiger partial charge < -0.3 is 4.18 Å². The molecule has 2 aromatic carbocycles. The van der Waals surface area contributed by atoms with Gasteiger partial charge in [-0.1, -0.05) is 81.5 Å². The average molecular weight is 329 g/mol. The fourth-order valence-electron chi connectivity index (χ4n) is 2.55. The van der Waals surface area contributed by atoms with Crippen LogP contribution < -0.4 is 0 Å². The number of rotatable bonds is 11. The molecule has 0 aliphatic heterocycles. The normalized spacial score (nSPS) is 10.8. The van der Waals surface area contributed by atoms with Gasteiger partial charge in [-0.05, 0) is 36.1 Å². The molecule has 0 aliphatic carbocycles. The SMILES string of the molecule is CCCCCCCCc1ccc(COSc2ccccc2)cc1. The summed E-state index contributed by atoms with van der Waals surface area (Å²) in [4.78, 5) is 1.15. The van der Waals surface area contributed by atoms with E-state index >= 15 is 0 Å². The second-order valence-electron chi connectivity index (χ2n) is 5.99. The highest BCUT2D eigenvalue weighted by Crippen LogP contribution is 2.20. The molecule has 0 atom stereocenters. The van der Waals surface area contributed by atoms with Crippen LogP contribution in [-0.4, -0.2) is 0 Å². The first-order chi connectivity index (χ1) is 11.4. The van der Waals surface area contributed by atoms with Gasteiger partial charge in [0.05, 0.1) is 6.61 Å².